The summed E-state index contributed by atoms with van der Waals surface area (Å²) in [5, 5.41) is 0. The molecule has 0 aromatic heterocycles. The largest absolute Gasteiger partial charge is 0.0810 e. The van der Waals surface area contributed by atoms with Gasteiger partial charge >= 0.3 is 0 Å². The Morgan fingerprint density at radius 3 is 2.33 bits per heavy atom. The lowest BCUT2D eigenvalue weighted by Gasteiger charge is -2.12. The van der Waals surface area contributed by atoms with Gasteiger partial charge in [-0.1, -0.05) is 17.2 Å². The minimum absolute atomic E-state index is 1.25. The summed E-state index contributed by atoms with van der Waals surface area (Å²) in [6.07, 6.45) is 4.83. The van der Waals surface area contributed by atoms with Crippen LogP contribution in [-0.4, -0.2) is 0 Å². The zero-order chi connectivity index (χ0) is 6.85. The van der Waals surface area contributed by atoms with Crippen LogP contribution in [0.4, 0.5) is 0 Å². The van der Waals surface area contributed by atoms with E-state index in [0.29, 0.717) is 0 Å². The SMILES string of the molecule is CC1=CCCC(C)=C1C. The fraction of sp³-hybridized carbons (Fsp3) is 0.556. The second-order valence-electron chi connectivity index (χ2n) is 2.83. The van der Waals surface area contributed by atoms with E-state index in [0.717, 1.165) is 0 Å². The summed E-state index contributed by atoms with van der Waals surface area (Å²) >= 11 is 0. The molecule has 0 fully saturated rings. The molecule has 0 heteroatoms. The first-order valence-corrected chi connectivity index (χ1v) is 3.55. The van der Waals surface area contributed by atoms with E-state index >= 15 is 0 Å². The van der Waals surface area contributed by atoms with Crippen LogP contribution >= 0.6 is 0 Å². The molecule has 0 bridgehead atoms. The zero-order valence-corrected chi connectivity index (χ0v) is 6.49. The molecule has 50 valence electrons. The monoisotopic (exact) mass is 122 g/mol. The molecule has 0 heterocycles. The van der Waals surface area contributed by atoms with Crippen molar-refractivity contribution >= 4 is 0 Å². The predicted molar refractivity (Wildman–Crippen MR) is 41.4 cm³/mol. The third-order valence-electron chi connectivity index (χ3n) is 2.20. The lowest BCUT2D eigenvalue weighted by molar-refractivity contribution is 0.918. The highest BCUT2D eigenvalue weighted by Crippen LogP contribution is 2.23. The first-order chi connectivity index (χ1) is 4.22. The van der Waals surface area contributed by atoms with E-state index in [1.165, 1.54) is 24.0 Å². The van der Waals surface area contributed by atoms with Crippen molar-refractivity contribution in [3.63, 3.8) is 0 Å². The zero-order valence-electron chi connectivity index (χ0n) is 6.49. The molecule has 0 aromatic rings. The molecule has 0 spiro atoms. The molecule has 1 aliphatic rings. The van der Waals surface area contributed by atoms with Gasteiger partial charge in [-0.2, -0.15) is 0 Å². The highest BCUT2D eigenvalue weighted by atomic mass is 14.1. The molecule has 0 saturated carbocycles. The smallest absolute Gasteiger partial charge is 0.0282 e. The Labute approximate surface area is 57.3 Å². The fourth-order valence-electron chi connectivity index (χ4n) is 1.18. The van der Waals surface area contributed by atoms with Crippen LogP contribution in [0.3, 0.4) is 0 Å². The van der Waals surface area contributed by atoms with Gasteiger partial charge in [0.25, 0.3) is 0 Å². The summed E-state index contributed by atoms with van der Waals surface area (Å²) in [4.78, 5) is 0. The third-order valence-corrected chi connectivity index (χ3v) is 2.20. The molecule has 0 aliphatic heterocycles. The van der Waals surface area contributed by atoms with Crippen molar-refractivity contribution in [1.29, 1.82) is 0 Å². The van der Waals surface area contributed by atoms with Gasteiger partial charge in [-0.25, -0.2) is 0 Å². The van der Waals surface area contributed by atoms with Crippen molar-refractivity contribution in [2.75, 3.05) is 0 Å². The summed E-state index contributed by atoms with van der Waals surface area (Å²) in [5.41, 5.74) is 4.54. The summed E-state index contributed by atoms with van der Waals surface area (Å²) < 4.78 is 0. The van der Waals surface area contributed by atoms with Gasteiger partial charge in [-0.3, -0.25) is 0 Å². The quantitative estimate of drug-likeness (QED) is 0.463. The van der Waals surface area contributed by atoms with Gasteiger partial charge in [0.05, 0.1) is 0 Å². The topological polar surface area (TPSA) is 0 Å². The molecule has 0 radical (unpaired) electrons. The molecular weight excluding hydrogens is 108 g/mol. The van der Waals surface area contributed by atoms with Gasteiger partial charge in [0.2, 0.25) is 0 Å². The Kier molecular flexibility index (Phi) is 1.75. The number of hydrogen-bond donors (Lipinski definition) is 0. The van der Waals surface area contributed by atoms with E-state index < -0.39 is 0 Å². The lowest BCUT2D eigenvalue weighted by Crippen LogP contribution is -1.92. The van der Waals surface area contributed by atoms with Crippen molar-refractivity contribution in [3.05, 3.63) is 22.8 Å². The molecule has 0 amide bonds. The first-order valence-electron chi connectivity index (χ1n) is 3.55. The fourth-order valence-corrected chi connectivity index (χ4v) is 1.18. The maximum absolute atomic E-state index is 2.32. The van der Waals surface area contributed by atoms with Crippen LogP contribution in [0.15, 0.2) is 22.8 Å². The minimum Gasteiger partial charge on any atom is -0.0810 e. The van der Waals surface area contributed by atoms with Crippen molar-refractivity contribution < 1.29 is 0 Å². The summed E-state index contributed by atoms with van der Waals surface area (Å²) in [5.74, 6) is 0. The molecule has 1 aliphatic carbocycles. The van der Waals surface area contributed by atoms with Gasteiger partial charge in [0.1, 0.15) is 0 Å². The highest BCUT2D eigenvalue weighted by Gasteiger charge is 2.03. The number of allylic oxidation sites excluding steroid dienone is 4. The third kappa shape index (κ3) is 1.24. The van der Waals surface area contributed by atoms with Crippen LogP contribution < -0.4 is 0 Å². The molecular formula is C9H14. The van der Waals surface area contributed by atoms with Gasteiger partial charge in [0.15, 0.2) is 0 Å². The molecule has 0 unspecified atom stereocenters. The van der Waals surface area contributed by atoms with Crippen LogP contribution in [0.2, 0.25) is 0 Å². The van der Waals surface area contributed by atoms with E-state index in [9.17, 15) is 0 Å². The van der Waals surface area contributed by atoms with Crippen LogP contribution in [0, 0.1) is 0 Å². The average molecular weight is 122 g/mol. The maximum Gasteiger partial charge on any atom is -0.0282 e. The van der Waals surface area contributed by atoms with Gasteiger partial charge in [0, 0.05) is 0 Å². The van der Waals surface area contributed by atoms with Crippen molar-refractivity contribution in [2.45, 2.75) is 33.6 Å². The van der Waals surface area contributed by atoms with E-state index in [1.807, 2.05) is 0 Å². The van der Waals surface area contributed by atoms with E-state index in [-0.39, 0.29) is 0 Å². The number of hydrogen-bond acceptors (Lipinski definition) is 0. The Morgan fingerprint density at radius 2 is 1.89 bits per heavy atom. The van der Waals surface area contributed by atoms with Crippen LogP contribution in [0.25, 0.3) is 0 Å². The Balaban J connectivity index is 2.88. The standard InChI is InChI=1S/C9H14/c1-7-5-4-6-8(2)9(7)3/h5H,4,6H2,1-3H3. The number of rotatable bonds is 0. The van der Waals surface area contributed by atoms with E-state index in [2.05, 4.69) is 26.8 Å². The Bertz CT molecular complexity index is 170. The molecule has 0 saturated heterocycles. The first kappa shape index (κ1) is 6.60. The van der Waals surface area contributed by atoms with Crippen LogP contribution in [-0.2, 0) is 0 Å². The maximum atomic E-state index is 2.32. The average Bonchev–Trinajstić information content (AvgIpc) is 1.83. The minimum atomic E-state index is 1.25. The summed E-state index contributed by atoms with van der Waals surface area (Å²) in [6, 6.07) is 0. The van der Waals surface area contributed by atoms with Crippen molar-refractivity contribution in [3.8, 4) is 0 Å². The molecule has 1 rings (SSSR count). The molecule has 9 heavy (non-hydrogen) atoms. The van der Waals surface area contributed by atoms with E-state index in [4.69, 9.17) is 0 Å². The summed E-state index contributed by atoms with van der Waals surface area (Å²) in [6.45, 7) is 6.63. The Hall–Kier alpha value is -0.520. The highest BCUT2D eigenvalue weighted by molar-refractivity contribution is 5.34. The molecule has 0 N–H and O–H groups in total. The lowest BCUT2D eigenvalue weighted by atomic mass is 9.94. The van der Waals surface area contributed by atoms with Crippen molar-refractivity contribution in [2.24, 2.45) is 0 Å². The Morgan fingerprint density at radius 1 is 1.22 bits per heavy atom. The molecule has 0 atom stereocenters. The van der Waals surface area contributed by atoms with Crippen LogP contribution in [0.1, 0.15) is 33.6 Å². The van der Waals surface area contributed by atoms with Crippen LogP contribution in [0.5, 0.6) is 0 Å². The van der Waals surface area contributed by atoms with Gasteiger partial charge in [-0.15, -0.1) is 0 Å². The normalized spacial score (nSPS) is 20.1. The van der Waals surface area contributed by atoms with Gasteiger partial charge < -0.3 is 0 Å². The second-order valence-corrected chi connectivity index (χ2v) is 2.83. The van der Waals surface area contributed by atoms with Crippen molar-refractivity contribution in [1.82, 2.24) is 0 Å². The van der Waals surface area contributed by atoms with Gasteiger partial charge in [-0.05, 0) is 39.2 Å². The summed E-state index contributed by atoms with van der Waals surface area (Å²) in [7, 11) is 0. The van der Waals surface area contributed by atoms with E-state index in [1.54, 1.807) is 5.57 Å². The molecule has 0 nitrogen and oxygen atoms in total. The predicted octanol–water partition coefficient (Wildman–Crippen LogP) is 3.06. The second kappa shape index (κ2) is 2.38. The molecule has 0 aromatic carbocycles.